The lowest BCUT2D eigenvalue weighted by molar-refractivity contribution is -0.143. The van der Waals surface area contributed by atoms with Crippen LogP contribution >= 0.6 is 0 Å². The molecule has 9 heteroatoms. The second-order valence-corrected chi connectivity index (χ2v) is 10.3. The maximum Gasteiger partial charge on any atom is 0.410 e. The third-order valence-electron chi connectivity index (χ3n) is 6.55. The second kappa shape index (κ2) is 11.6. The van der Waals surface area contributed by atoms with E-state index in [1.165, 1.54) is 6.92 Å². The topological polar surface area (TPSA) is 125 Å². The van der Waals surface area contributed by atoms with Crippen LogP contribution in [-0.4, -0.2) is 64.7 Å². The van der Waals surface area contributed by atoms with Crippen LogP contribution in [0.4, 0.5) is 4.79 Å². The molecule has 35 heavy (non-hydrogen) atoms. The molecule has 0 saturated carbocycles. The summed E-state index contributed by atoms with van der Waals surface area (Å²) in [6.45, 7) is 11.2. The number of aliphatic carboxylic acids is 1. The highest BCUT2D eigenvalue weighted by molar-refractivity contribution is 5.94. The minimum Gasteiger partial charge on any atom is -0.480 e. The van der Waals surface area contributed by atoms with Gasteiger partial charge >= 0.3 is 12.1 Å². The van der Waals surface area contributed by atoms with Crippen molar-refractivity contribution in [3.05, 3.63) is 35.9 Å². The minimum absolute atomic E-state index is 0.257. The molecule has 0 aromatic heterocycles. The number of likely N-dealkylation sites (tertiary alicyclic amines) is 1. The molecule has 194 valence electrons. The van der Waals surface area contributed by atoms with E-state index in [1.807, 2.05) is 37.3 Å². The molecule has 1 heterocycles. The van der Waals surface area contributed by atoms with Gasteiger partial charge in [0.05, 0.1) is 5.41 Å². The first-order chi connectivity index (χ1) is 16.3. The molecule has 9 nitrogen and oxygen atoms in total. The number of ether oxygens (including phenoxy) is 1. The van der Waals surface area contributed by atoms with Crippen molar-refractivity contribution in [2.45, 2.75) is 83.9 Å². The zero-order chi connectivity index (χ0) is 26.4. The second-order valence-electron chi connectivity index (χ2n) is 10.3. The van der Waals surface area contributed by atoms with Gasteiger partial charge in [0.15, 0.2) is 0 Å². The summed E-state index contributed by atoms with van der Waals surface area (Å²) in [7, 11) is 0. The Morgan fingerprint density at radius 1 is 1.06 bits per heavy atom. The monoisotopic (exact) mass is 489 g/mol. The summed E-state index contributed by atoms with van der Waals surface area (Å²) >= 11 is 0. The molecule has 0 aliphatic carbocycles. The van der Waals surface area contributed by atoms with Crippen LogP contribution in [0.5, 0.6) is 0 Å². The average molecular weight is 490 g/mol. The molecule has 1 aromatic rings. The molecule has 3 amide bonds. The Kier molecular flexibility index (Phi) is 9.29. The summed E-state index contributed by atoms with van der Waals surface area (Å²) in [4.78, 5) is 52.1. The Hall–Kier alpha value is -3.10. The van der Waals surface area contributed by atoms with Gasteiger partial charge in [-0.3, -0.25) is 9.59 Å². The van der Waals surface area contributed by atoms with Crippen molar-refractivity contribution in [3.63, 3.8) is 0 Å². The maximum absolute atomic E-state index is 13.6. The van der Waals surface area contributed by atoms with E-state index in [1.54, 1.807) is 32.6 Å². The van der Waals surface area contributed by atoms with E-state index in [0.717, 1.165) is 5.56 Å². The van der Waals surface area contributed by atoms with Gasteiger partial charge in [0, 0.05) is 13.1 Å². The summed E-state index contributed by atoms with van der Waals surface area (Å²) in [5.41, 5.74) is -0.747. The third-order valence-corrected chi connectivity index (χ3v) is 6.55. The fourth-order valence-corrected chi connectivity index (χ4v) is 4.16. The molecule has 0 bridgehead atoms. The van der Waals surface area contributed by atoms with E-state index in [4.69, 9.17) is 4.74 Å². The number of hydrogen-bond donors (Lipinski definition) is 3. The number of benzene rings is 1. The lowest BCUT2D eigenvalue weighted by Gasteiger charge is -2.41. The summed E-state index contributed by atoms with van der Waals surface area (Å²) in [6, 6.07) is 7.34. The number of hydrogen-bond acceptors (Lipinski definition) is 5. The normalized spacial score (nSPS) is 18.1. The maximum atomic E-state index is 13.6. The molecular formula is C26H39N3O6. The SMILES string of the molecule is CCC(C)[C@H](NC(=O)[C@H](C)NC(=O)C1(c2ccccc2)CCN(C(=O)OC(C)(C)C)CC1)C(=O)O. The van der Waals surface area contributed by atoms with Crippen LogP contribution in [0.25, 0.3) is 0 Å². The van der Waals surface area contributed by atoms with Gasteiger partial charge in [-0.05, 0) is 52.0 Å². The van der Waals surface area contributed by atoms with Crippen LogP contribution in [0.1, 0.15) is 66.4 Å². The Balaban J connectivity index is 2.18. The molecule has 3 N–H and O–H groups in total. The lowest BCUT2D eigenvalue weighted by atomic mass is 9.72. The predicted octanol–water partition coefficient (Wildman–Crippen LogP) is 3.08. The first-order valence-electron chi connectivity index (χ1n) is 12.2. The Bertz CT molecular complexity index is 903. The molecule has 1 fully saturated rings. The van der Waals surface area contributed by atoms with E-state index >= 15 is 0 Å². The largest absolute Gasteiger partial charge is 0.480 e. The number of carbonyl (C=O) groups is 4. The van der Waals surface area contributed by atoms with Crippen molar-refractivity contribution in [1.29, 1.82) is 0 Å². The molecule has 1 aromatic carbocycles. The Morgan fingerprint density at radius 3 is 2.11 bits per heavy atom. The highest BCUT2D eigenvalue weighted by Gasteiger charge is 2.45. The molecule has 0 spiro atoms. The number of amides is 3. The van der Waals surface area contributed by atoms with Crippen LogP contribution in [0, 0.1) is 5.92 Å². The van der Waals surface area contributed by atoms with Crippen molar-refractivity contribution in [2.75, 3.05) is 13.1 Å². The molecule has 1 saturated heterocycles. The van der Waals surface area contributed by atoms with Gasteiger partial charge in [-0.25, -0.2) is 9.59 Å². The zero-order valence-corrected chi connectivity index (χ0v) is 21.6. The van der Waals surface area contributed by atoms with Gasteiger partial charge in [0.1, 0.15) is 17.7 Å². The summed E-state index contributed by atoms with van der Waals surface area (Å²) in [5, 5.41) is 14.8. The van der Waals surface area contributed by atoms with Crippen LogP contribution in [0.15, 0.2) is 30.3 Å². The number of piperidine rings is 1. The molecular weight excluding hydrogens is 450 g/mol. The molecule has 0 radical (unpaired) electrons. The standard InChI is InChI=1S/C26H39N3O6/c1-7-17(2)20(22(31)32)28-21(30)18(3)27-23(33)26(19-11-9-8-10-12-19)13-15-29(16-14-26)24(34)35-25(4,5)6/h8-12,17-18,20H,7,13-16H2,1-6H3,(H,27,33)(H,28,30)(H,31,32)/t17?,18-,20-/m0/s1. The van der Waals surface area contributed by atoms with Crippen molar-refractivity contribution in [3.8, 4) is 0 Å². The first-order valence-corrected chi connectivity index (χ1v) is 12.2. The molecule has 1 aliphatic heterocycles. The summed E-state index contributed by atoms with van der Waals surface area (Å²) in [5.74, 6) is -2.25. The van der Waals surface area contributed by atoms with Gasteiger partial charge in [-0.2, -0.15) is 0 Å². The van der Waals surface area contributed by atoms with E-state index in [0.29, 0.717) is 32.4 Å². The highest BCUT2D eigenvalue weighted by Crippen LogP contribution is 2.36. The van der Waals surface area contributed by atoms with Gasteiger partial charge in [-0.15, -0.1) is 0 Å². The molecule has 1 aliphatic rings. The van der Waals surface area contributed by atoms with Gasteiger partial charge in [-0.1, -0.05) is 50.6 Å². The van der Waals surface area contributed by atoms with Crippen molar-refractivity contribution < 1.29 is 29.0 Å². The van der Waals surface area contributed by atoms with E-state index in [2.05, 4.69) is 10.6 Å². The van der Waals surface area contributed by atoms with Crippen molar-refractivity contribution in [1.82, 2.24) is 15.5 Å². The smallest absolute Gasteiger partial charge is 0.410 e. The molecule has 2 rings (SSSR count). The van der Waals surface area contributed by atoms with Crippen LogP contribution in [0.2, 0.25) is 0 Å². The fourth-order valence-electron chi connectivity index (χ4n) is 4.16. The Labute approximate surface area is 207 Å². The third kappa shape index (κ3) is 7.19. The number of rotatable bonds is 8. The summed E-state index contributed by atoms with van der Waals surface area (Å²) < 4.78 is 5.48. The zero-order valence-electron chi connectivity index (χ0n) is 21.6. The first kappa shape index (κ1) is 28.1. The number of nitrogens with one attached hydrogen (secondary N) is 2. The van der Waals surface area contributed by atoms with Gasteiger partial charge in [0.2, 0.25) is 11.8 Å². The molecule has 1 unspecified atom stereocenters. The van der Waals surface area contributed by atoms with E-state index in [-0.39, 0.29) is 11.8 Å². The van der Waals surface area contributed by atoms with Crippen molar-refractivity contribution >= 4 is 23.9 Å². The van der Waals surface area contributed by atoms with Crippen LogP contribution in [0.3, 0.4) is 0 Å². The number of carboxylic acids is 1. The average Bonchev–Trinajstić information content (AvgIpc) is 2.81. The number of carbonyl (C=O) groups excluding carboxylic acids is 3. The van der Waals surface area contributed by atoms with Gasteiger partial charge < -0.3 is 25.4 Å². The van der Waals surface area contributed by atoms with Crippen LogP contribution < -0.4 is 10.6 Å². The van der Waals surface area contributed by atoms with E-state index in [9.17, 15) is 24.3 Å². The van der Waals surface area contributed by atoms with Gasteiger partial charge in [0.25, 0.3) is 0 Å². The Morgan fingerprint density at radius 2 is 1.63 bits per heavy atom. The number of carboxylic acid groups (broad SMARTS) is 1. The van der Waals surface area contributed by atoms with E-state index < -0.39 is 41.1 Å². The highest BCUT2D eigenvalue weighted by atomic mass is 16.6. The molecule has 3 atom stereocenters. The lowest BCUT2D eigenvalue weighted by Crippen LogP contribution is -2.58. The predicted molar refractivity (Wildman–Crippen MR) is 132 cm³/mol. The number of nitrogens with zero attached hydrogens (tertiary/aromatic N) is 1. The quantitative estimate of drug-likeness (QED) is 0.515. The fraction of sp³-hybridized carbons (Fsp3) is 0.615. The van der Waals surface area contributed by atoms with Crippen molar-refractivity contribution in [2.24, 2.45) is 5.92 Å². The minimum atomic E-state index is -1.11. The van der Waals surface area contributed by atoms with Crippen LogP contribution in [-0.2, 0) is 24.5 Å². The summed E-state index contributed by atoms with van der Waals surface area (Å²) in [6.07, 6.45) is 0.891.